The maximum Gasteiger partial charge on any atom is 0.317 e. The quantitative estimate of drug-likeness (QED) is 0.609. The Balaban J connectivity index is 1.93. The second-order valence-electron chi connectivity index (χ2n) is 7.29. The van der Waals surface area contributed by atoms with Crippen LogP contribution in [0.5, 0.6) is 0 Å². The van der Waals surface area contributed by atoms with Gasteiger partial charge in [-0.2, -0.15) is 0 Å². The topological polar surface area (TPSA) is 63.1 Å². The lowest BCUT2D eigenvalue weighted by atomic mass is 10.1. The van der Waals surface area contributed by atoms with Crippen molar-refractivity contribution in [3.63, 3.8) is 0 Å². The second kappa shape index (κ2) is 9.13. The second-order valence-corrected chi connectivity index (χ2v) is 8.23. The lowest BCUT2D eigenvalue weighted by molar-refractivity contribution is 0.213. The zero-order chi connectivity index (χ0) is 21.0. The average molecular weight is 410 g/mol. The van der Waals surface area contributed by atoms with Gasteiger partial charge < -0.3 is 10.2 Å². The maximum absolute atomic E-state index is 12.1. The Bertz CT molecular complexity index is 981. The van der Waals surface area contributed by atoms with Gasteiger partial charge in [0.25, 0.3) is 0 Å². The maximum atomic E-state index is 12.1. The third-order valence-electron chi connectivity index (χ3n) is 4.70. The summed E-state index contributed by atoms with van der Waals surface area (Å²) in [4.78, 5) is 13.6. The van der Waals surface area contributed by atoms with E-state index in [-0.39, 0.29) is 12.1 Å². The molecule has 0 bridgehead atoms. The van der Waals surface area contributed by atoms with Crippen LogP contribution in [0.25, 0.3) is 5.69 Å². The summed E-state index contributed by atoms with van der Waals surface area (Å²) in [6.45, 7) is 6.10. The standard InChI is InChI=1S/C22H27N5OS/c1-15-10-12-19(13-11-15)27-20(17(3)23-21(28)26(4)5)24-25-22(27)29-14-18-9-7-6-8-16(18)2/h6-13,17H,14H2,1-5H3,(H,23,28). The SMILES string of the molecule is Cc1ccc(-n2c(SCc3ccccc3C)nnc2C(C)NC(=O)N(C)C)cc1. The molecule has 0 saturated carbocycles. The van der Waals surface area contributed by atoms with Crippen LogP contribution in [0.1, 0.15) is 35.5 Å². The number of carbonyl (C=O) groups excluding carboxylic acids is 1. The lowest BCUT2D eigenvalue weighted by Crippen LogP contribution is -2.37. The van der Waals surface area contributed by atoms with Gasteiger partial charge in [-0.05, 0) is 44.0 Å². The molecule has 29 heavy (non-hydrogen) atoms. The highest BCUT2D eigenvalue weighted by atomic mass is 32.2. The molecular weight excluding hydrogens is 382 g/mol. The van der Waals surface area contributed by atoms with Crippen LogP contribution in [0.15, 0.2) is 53.7 Å². The largest absolute Gasteiger partial charge is 0.331 e. The van der Waals surface area contributed by atoms with Crippen molar-refractivity contribution < 1.29 is 4.79 Å². The van der Waals surface area contributed by atoms with Gasteiger partial charge in [0.2, 0.25) is 0 Å². The van der Waals surface area contributed by atoms with Crippen LogP contribution in [0, 0.1) is 13.8 Å². The van der Waals surface area contributed by atoms with Crippen LogP contribution < -0.4 is 5.32 Å². The van der Waals surface area contributed by atoms with Crippen LogP contribution in [-0.2, 0) is 5.75 Å². The fourth-order valence-electron chi connectivity index (χ4n) is 2.88. The van der Waals surface area contributed by atoms with Gasteiger partial charge in [-0.25, -0.2) is 4.79 Å². The summed E-state index contributed by atoms with van der Waals surface area (Å²) < 4.78 is 2.03. The molecular formula is C22H27N5OS. The van der Waals surface area contributed by atoms with E-state index in [0.29, 0.717) is 5.82 Å². The Kier molecular flexibility index (Phi) is 6.59. The smallest absolute Gasteiger partial charge is 0.317 e. The van der Waals surface area contributed by atoms with Gasteiger partial charge in [0.1, 0.15) is 0 Å². The first-order valence-electron chi connectivity index (χ1n) is 9.54. The third kappa shape index (κ3) is 4.98. The molecule has 0 spiro atoms. The zero-order valence-corrected chi connectivity index (χ0v) is 18.3. The molecule has 6 nitrogen and oxygen atoms in total. The van der Waals surface area contributed by atoms with E-state index in [1.807, 2.05) is 17.6 Å². The van der Waals surface area contributed by atoms with Crippen LogP contribution in [0.2, 0.25) is 0 Å². The number of hydrogen-bond acceptors (Lipinski definition) is 4. The Morgan fingerprint density at radius 3 is 2.45 bits per heavy atom. The van der Waals surface area contributed by atoms with Crippen molar-refractivity contribution in [2.24, 2.45) is 0 Å². The molecule has 1 aromatic heterocycles. The highest BCUT2D eigenvalue weighted by Crippen LogP contribution is 2.28. The molecule has 1 N–H and O–H groups in total. The average Bonchev–Trinajstić information content (AvgIpc) is 3.12. The summed E-state index contributed by atoms with van der Waals surface area (Å²) in [6, 6.07) is 16.2. The van der Waals surface area contributed by atoms with Gasteiger partial charge in [-0.1, -0.05) is 53.7 Å². The minimum Gasteiger partial charge on any atom is -0.331 e. The predicted octanol–water partition coefficient (Wildman–Crippen LogP) is 4.51. The van der Waals surface area contributed by atoms with E-state index in [1.54, 1.807) is 25.9 Å². The highest BCUT2D eigenvalue weighted by Gasteiger charge is 2.21. The van der Waals surface area contributed by atoms with E-state index in [9.17, 15) is 4.79 Å². The van der Waals surface area contributed by atoms with Crippen molar-refractivity contribution in [3.05, 3.63) is 71.0 Å². The molecule has 0 saturated heterocycles. The molecule has 7 heteroatoms. The van der Waals surface area contributed by atoms with Crippen LogP contribution in [0.4, 0.5) is 4.79 Å². The minimum absolute atomic E-state index is 0.162. The van der Waals surface area contributed by atoms with E-state index < -0.39 is 0 Å². The number of hydrogen-bond donors (Lipinski definition) is 1. The summed E-state index contributed by atoms with van der Waals surface area (Å²) in [7, 11) is 3.44. The number of nitrogens with one attached hydrogen (secondary N) is 1. The van der Waals surface area contributed by atoms with Crippen molar-refractivity contribution >= 4 is 17.8 Å². The summed E-state index contributed by atoms with van der Waals surface area (Å²) in [6.07, 6.45) is 0. The third-order valence-corrected chi connectivity index (χ3v) is 5.68. The number of amides is 2. The molecule has 1 unspecified atom stereocenters. The number of aryl methyl sites for hydroxylation is 2. The molecule has 1 heterocycles. The monoisotopic (exact) mass is 409 g/mol. The Labute approximate surface area is 176 Å². The van der Waals surface area contributed by atoms with E-state index in [2.05, 4.69) is 71.8 Å². The molecule has 0 aliphatic heterocycles. The first-order valence-corrected chi connectivity index (χ1v) is 10.5. The number of aromatic nitrogens is 3. The zero-order valence-electron chi connectivity index (χ0n) is 17.5. The van der Waals surface area contributed by atoms with Crippen LogP contribution in [-0.4, -0.2) is 39.8 Å². The molecule has 0 aliphatic rings. The van der Waals surface area contributed by atoms with E-state index in [4.69, 9.17) is 0 Å². The molecule has 3 aromatic rings. The fourth-order valence-corrected chi connectivity index (χ4v) is 3.92. The van der Waals surface area contributed by atoms with Crippen LogP contribution in [0.3, 0.4) is 0 Å². The van der Waals surface area contributed by atoms with E-state index in [1.165, 1.54) is 21.6 Å². The van der Waals surface area contributed by atoms with Crippen molar-refractivity contribution in [2.45, 2.75) is 37.7 Å². The van der Waals surface area contributed by atoms with Crippen LogP contribution >= 0.6 is 11.8 Å². The van der Waals surface area contributed by atoms with Gasteiger partial charge in [0.15, 0.2) is 11.0 Å². The first-order chi connectivity index (χ1) is 13.9. The van der Waals surface area contributed by atoms with Gasteiger partial charge in [-0.15, -0.1) is 10.2 Å². The number of carbonyl (C=O) groups is 1. The fraction of sp³-hybridized carbons (Fsp3) is 0.318. The van der Waals surface area contributed by atoms with Gasteiger partial charge in [-0.3, -0.25) is 4.57 Å². The first kappa shape index (κ1) is 20.9. The molecule has 0 aliphatic carbocycles. The Morgan fingerprint density at radius 2 is 1.79 bits per heavy atom. The van der Waals surface area contributed by atoms with E-state index in [0.717, 1.165) is 16.6 Å². The Morgan fingerprint density at radius 1 is 1.10 bits per heavy atom. The number of benzene rings is 2. The molecule has 0 fully saturated rings. The van der Waals surface area contributed by atoms with Crippen molar-refractivity contribution in [1.82, 2.24) is 25.0 Å². The molecule has 2 aromatic carbocycles. The summed E-state index contributed by atoms with van der Waals surface area (Å²) in [5.41, 5.74) is 4.69. The Hall–Kier alpha value is -2.80. The van der Waals surface area contributed by atoms with Gasteiger partial charge in [0, 0.05) is 25.5 Å². The summed E-state index contributed by atoms with van der Waals surface area (Å²) in [5, 5.41) is 12.6. The minimum atomic E-state index is -0.286. The summed E-state index contributed by atoms with van der Waals surface area (Å²) >= 11 is 1.64. The normalized spacial score (nSPS) is 11.9. The number of nitrogens with zero attached hydrogens (tertiary/aromatic N) is 4. The van der Waals surface area contributed by atoms with Crippen molar-refractivity contribution in [1.29, 1.82) is 0 Å². The summed E-state index contributed by atoms with van der Waals surface area (Å²) in [5.74, 6) is 1.51. The number of urea groups is 1. The van der Waals surface area contributed by atoms with Crippen molar-refractivity contribution in [3.8, 4) is 5.69 Å². The number of thioether (sulfide) groups is 1. The van der Waals surface area contributed by atoms with Gasteiger partial charge in [0.05, 0.1) is 6.04 Å². The van der Waals surface area contributed by atoms with E-state index >= 15 is 0 Å². The van der Waals surface area contributed by atoms with Gasteiger partial charge >= 0.3 is 6.03 Å². The van der Waals surface area contributed by atoms with Crippen molar-refractivity contribution in [2.75, 3.05) is 14.1 Å². The number of rotatable bonds is 6. The molecule has 3 rings (SSSR count). The highest BCUT2D eigenvalue weighted by molar-refractivity contribution is 7.98. The predicted molar refractivity (Wildman–Crippen MR) is 117 cm³/mol. The lowest BCUT2D eigenvalue weighted by Gasteiger charge is -2.19. The molecule has 2 amide bonds. The molecule has 1 atom stereocenters. The molecule has 152 valence electrons. The molecule has 0 radical (unpaired) electrons.